The molecule has 15 heavy (non-hydrogen) atoms. The quantitative estimate of drug-likeness (QED) is 0.509. The SMILES string of the molecule is COC(=O)Cc1cc(F)ccc1B(O)O. The topological polar surface area (TPSA) is 66.8 Å². The van der Waals surface area contributed by atoms with Gasteiger partial charge in [0.05, 0.1) is 13.5 Å². The molecule has 1 rings (SSSR count). The van der Waals surface area contributed by atoms with Crippen LogP contribution in [0.5, 0.6) is 0 Å². The van der Waals surface area contributed by atoms with Crippen LogP contribution in [-0.2, 0) is 16.0 Å². The average molecular weight is 212 g/mol. The third-order valence-corrected chi connectivity index (χ3v) is 1.95. The summed E-state index contributed by atoms with van der Waals surface area (Å²) < 4.78 is 17.3. The maximum Gasteiger partial charge on any atom is 0.488 e. The van der Waals surface area contributed by atoms with E-state index in [1.807, 2.05) is 0 Å². The molecule has 0 aliphatic heterocycles. The first-order valence-electron chi connectivity index (χ1n) is 4.26. The van der Waals surface area contributed by atoms with Crippen molar-refractivity contribution in [2.24, 2.45) is 0 Å². The molecule has 0 atom stereocenters. The molecule has 0 unspecified atom stereocenters. The lowest BCUT2D eigenvalue weighted by molar-refractivity contribution is -0.139. The van der Waals surface area contributed by atoms with Crippen molar-refractivity contribution in [3.63, 3.8) is 0 Å². The molecule has 0 spiro atoms. The molecular weight excluding hydrogens is 202 g/mol. The van der Waals surface area contributed by atoms with E-state index in [4.69, 9.17) is 10.0 Å². The normalized spacial score (nSPS) is 9.87. The summed E-state index contributed by atoms with van der Waals surface area (Å²) in [5, 5.41) is 17.9. The molecule has 0 heterocycles. The number of benzene rings is 1. The van der Waals surface area contributed by atoms with Crippen molar-refractivity contribution in [2.75, 3.05) is 7.11 Å². The van der Waals surface area contributed by atoms with E-state index in [9.17, 15) is 9.18 Å². The van der Waals surface area contributed by atoms with Crippen molar-refractivity contribution >= 4 is 18.6 Å². The zero-order valence-corrected chi connectivity index (χ0v) is 8.11. The first-order chi connectivity index (χ1) is 7.04. The third-order valence-electron chi connectivity index (χ3n) is 1.95. The predicted octanol–water partition coefficient (Wildman–Crippen LogP) is -0.779. The van der Waals surface area contributed by atoms with Crippen molar-refractivity contribution in [1.29, 1.82) is 0 Å². The van der Waals surface area contributed by atoms with Crippen LogP contribution in [0.25, 0.3) is 0 Å². The summed E-state index contributed by atoms with van der Waals surface area (Å²) >= 11 is 0. The molecule has 0 saturated heterocycles. The van der Waals surface area contributed by atoms with Gasteiger partial charge in [-0.3, -0.25) is 4.79 Å². The minimum absolute atomic E-state index is 0.0989. The van der Waals surface area contributed by atoms with Crippen LogP contribution in [-0.4, -0.2) is 30.2 Å². The number of hydrogen-bond donors (Lipinski definition) is 2. The molecule has 0 amide bonds. The van der Waals surface area contributed by atoms with Gasteiger partial charge in [0.1, 0.15) is 5.82 Å². The Hall–Kier alpha value is -1.40. The van der Waals surface area contributed by atoms with Crippen molar-refractivity contribution < 1.29 is 24.0 Å². The van der Waals surface area contributed by atoms with E-state index in [0.717, 1.165) is 12.1 Å². The summed E-state index contributed by atoms with van der Waals surface area (Å²) in [6, 6.07) is 3.39. The Balaban J connectivity index is 3.02. The van der Waals surface area contributed by atoms with Crippen molar-refractivity contribution in [3.8, 4) is 0 Å². The summed E-state index contributed by atoms with van der Waals surface area (Å²) in [4.78, 5) is 11.0. The van der Waals surface area contributed by atoms with E-state index >= 15 is 0 Å². The Kier molecular flexibility index (Phi) is 3.82. The molecule has 6 heteroatoms. The van der Waals surface area contributed by atoms with Gasteiger partial charge in [0.25, 0.3) is 0 Å². The van der Waals surface area contributed by atoms with Gasteiger partial charge in [0, 0.05) is 0 Å². The number of rotatable bonds is 3. The zero-order valence-electron chi connectivity index (χ0n) is 8.11. The van der Waals surface area contributed by atoms with Gasteiger partial charge in [-0.15, -0.1) is 0 Å². The zero-order chi connectivity index (χ0) is 11.4. The van der Waals surface area contributed by atoms with Gasteiger partial charge in [-0.25, -0.2) is 4.39 Å². The number of carbonyl (C=O) groups excluding carboxylic acids is 1. The predicted molar refractivity (Wildman–Crippen MR) is 51.9 cm³/mol. The molecule has 0 aromatic heterocycles. The van der Waals surface area contributed by atoms with Crippen LogP contribution in [0.1, 0.15) is 5.56 Å². The molecule has 1 aromatic carbocycles. The van der Waals surface area contributed by atoms with Crippen LogP contribution in [0.15, 0.2) is 18.2 Å². The lowest BCUT2D eigenvalue weighted by Crippen LogP contribution is -2.34. The first kappa shape index (κ1) is 11.7. The first-order valence-corrected chi connectivity index (χ1v) is 4.26. The van der Waals surface area contributed by atoms with E-state index in [1.54, 1.807) is 0 Å². The summed E-state index contributed by atoms with van der Waals surface area (Å²) in [5.74, 6) is -1.11. The standard InChI is InChI=1S/C9H10BFO4/c1-15-9(12)5-6-4-7(11)2-3-8(6)10(13)14/h2-4,13-14H,5H2,1H3. The summed E-state index contributed by atoms with van der Waals surface area (Å²) in [6.07, 6.45) is -0.193. The molecule has 0 fully saturated rings. The van der Waals surface area contributed by atoms with Gasteiger partial charge in [0.2, 0.25) is 0 Å². The fraction of sp³-hybridized carbons (Fsp3) is 0.222. The number of hydrogen-bond acceptors (Lipinski definition) is 4. The van der Waals surface area contributed by atoms with E-state index in [-0.39, 0.29) is 17.4 Å². The van der Waals surface area contributed by atoms with Gasteiger partial charge < -0.3 is 14.8 Å². The highest BCUT2D eigenvalue weighted by Gasteiger charge is 2.18. The molecule has 1 aromatic rings. The van der Waals surface area contributed by atoms with E-state index in [2.05, 4.69) is 4.74 Å². The Morgan fingerprint density at radius 1 is 1.53 bits per heavy atom. The molecule has 0 aliphatic rings. The smallest absolute Gasteiger partial charge is 0.469 e. The van der Waals surface area contributed by atoms with Crippen molar-refractivity contribution in [2.45, 2.75) is 6.42 Å². The van der Waals surface area contributed by atoms with Crippen LogP contribution in [0, 0.1) is 5.82 Å². The van der Waals surface area contributed by atoms with Crippen molar-refractivity contribution in [1.82, 2.24) is 0 Å². The molecular formula is C9H10BFO4. The molecule has 2 N–H and O–H groups in total. The van der Waals surface area contributed by atoms with Gasteiger partial charge >= 0.3 is 13.1 Å². The van der Waals surface area contributed by atoms with Gasteiger partial charge in [-0.2, -0.15) is 0 Å². The largest absolute Gasteiger partial charge is 0.488 e. The fourth-order valence-corrected chi connectivity index (χ4v) is 1.21. The molecule has 0 radical (unpaired) electrons. The van der Waals surface area contributed by atoms with Gasteiger partial charge in [-0.1, -0.05) is 6.07 Å². The van der Waals surface area contributed by atoms with Crippen LogP contribution in [0.2, 0.25) is 0 Å². The summed E-state index contributed by atoms with van der Waals surface area (Å²) in [7, 11) is -0.526. The second kappa shape index (κ2) is 4.90. The fourth-order valence-electron chi connectivity index (χ4n) is 1.21. The lowest BCUT2D eigenvalue weighted by atomic mass is 9.76. The van der Waals surface area contributed by atoms with E-state index < -0.39 is 18.9 Å². The highest BCUT2D eigenvalue weighted by atomic mass is 19.1. The Labute approximate surface area is 86.4 Å². The Morgan fingerprint density at radius 3 is 2.73 bits per heavy atom. The Morgan fingerprint density at radius 2 is 2.20 bits per heavy atom. The van der Waals surface area contributed by atoms with E-state index in [1.165, 1.54) is 13.2 Å². The van der Waals surface area contributed by atoms with Crippen LogP contribution >= 0.6 is 0 Å². The molecule has 0 bridgehead atoms. The number of carbonyl (C=O) groups is 1. The Bertz CT molecular complexity index is 367. The van der Waals surface area contributed by atoms with Crippen LogP contribution in [0.4, 0.5) is 4.39 Å². The average Bonchev–Trinajstić information content (AvgIpc) is 2.17. The van der Waals surface area contributed by atoms with Crippen LogP contribution < -0.4 is 5.46 Å². The summed E-state index contributed by atoms with van der Waals surface area (Å²) in [6.45, 7) is 0. The highest BCUT2D eigenvalue weighted by Crippen LogP contribution is 2.04. The maximum absolute atomic E-state index is 12.8. The molecule has 0 saturated carbocycles. The van der Waals surface area contributed by atoms with Crippen LogP contribution in [0.3, 0.4) is 0 Å². The van der Waals surface area contributed by atoms with Gasteiger partial charge in [0.15, 0.2) is 0 Å². The second-order valence-corrected chi connectivity index (χ2v) is 2.97. The van der Waals surface area contributed by atoms with Gasteiger partial charge in [-0.05, 0) is 23.2 Å². The maximum atomic E-state index is 12.8. The monoisotopic (exact) mass is 212 g/mol. The van der Waals surface area contributed by atoms with E-state index in [0.29, 0.717) is 0 Å². The lowest BCUT2D eigenvalue weighted by Gasteiger charge is -2.07. The minimum Gasteiger partial charge on any atom is -0.469 e. The number of esters is 1. The number of methoxy groups -OCH3 is 1. The summed E-state index contributed by atoms with van der Waals surface area (Å²) in [5.41, 5.74) is 0.304. The minimum atomic E-state index is -1.73. The number of halogens is 1. The second-order valence-electron chi connectivity index (χ2n) is 2.97. The molecule has 4 nitrogen and oxygen atoms in total. The molecule has 80 valence electrons. The highest BCUT2D eigenvalue weighted by molar-refractivity contribution is 6.59. The number of ether oxygens (including phenoxy) is 1. The molecule has 0 aliphatic carbocycles. The van der Waals surface area contributed by atoms with Crippen molar-refractivity contribution in [3.05, 3.63) is 29.6 Å². The third kappa shape index (κ3) is 3.04.